The summed E-state index contributed by atoms with van der Waals surface area (Å²) in [6.45, 7) is 0. The van der Waals surface area contributed by atoms with Crippen LogP contribution < -0.4 is 10.6 Å². The summed E-state index contributed by atoms with van der Waals surface area (Å²) in [4.78, 5) is 26.0. The SMILES string of the molecule is O=C(NC(Cc1ccccc1)C(=O)Nc1nnc(-c2cccc(Cl)c2)s1)c1ccc(Cl)c(Cl)c1. The molecule has 0 aliphatic carbocycles. The van der Waals surface area contributed by atoms with Crippen molar-refractivity contribution in [3.05, 3.63) is 99.0 Å². The molecule has 0 saturated heterocycles. The van der Waals surface area contributed by atoms with Gasteiger partial charge < -0.3 is 5.32 Å². The van der Waals surface area contributed by atoms with Gasteiger partial charge in [-0.05, 0) is 35.9 Å². The van der Waals surface area contributed by atoms with Crippen molar-refractivity contribution < 1.29 is 9.59 Å². The van der Waals surface area contributed by atoms with E-state index in [1.807, 2.05) is 42.5 Å². The number of nitrogens with one attached hydrogen (secondary N) is 2. The quantitative estimate of drug-likeness (QED) is 0.300. The van der Waals surface area contributed by atoms with E-state index in [1.165, 1.54) is 23.5 Å². The number of rotatable bonds is 7. The molecule has 1 aromatic heterocycles. The van der Waals surface area contributed by atoms with E-state index in [2.05, 4.69) is 20.8 Å². The second-order valence-electron chi connectivity index (χ2n) is 7.26. The predicted molar refractivity (Wildman–Crippen MR) is 137 cm³/mol. The zero-order valence-electron chi connectivity index (χ0n) is 17.5. The highest BCUT2D eigenvalue weighted by molar-refractivity contribution is 7.18. The van der Waals surface area contributed by atoms with Gasteiger partial charge in [0, 0.05) is 22.6 Å². The Morgan fingerprint density at radius 1 is 0.882 bits per heavy atom. The number of nitrogens with zero attached hydrogens (tertiary/aromatic N) is 2. The number of amides is 2. The summed E-state index contributed by atoms with van der Waals surface area (Å²) in [6.07, 6.45) is 0.277. The van der Waals surface area contributed by atoms with E-state index in [0.29, 0.717) is 25.7 Å². The number of hydrogen-bond donors (Lipinski definition) is 2. The molecule has 2 amide bonds. The van der Waals surface area contributed by atoms with Crippen molar-refractivity contribution in [1.82, 2.24) is 15.5 Å². The maximum atomic E-state index is 13.1. The van der Waals surface area contributed by atoms with Crippen LogP contribution >= 0.6 is 46.1 Å². The average molecular weight is 532 g/mol. The molecule has 0 radical (unpaired) electrons. The predicted octanol–water partition coefficient (Wildman–Crippen LogP) is 6.15. The highest BCUT2D eigenvalue weighted by atomic mass is 35.5. The monoisotopic (exact) mass is 530 g/mol. The van der Waals surface area contributed by atoms with Crippen LogP contribution in [0.4, 0.5) is 5.13 Å². The van der Waals surface area contributed by atoms with Gasteiger partial charge in [0.15, 0.2) is 0 Å². The van der Waals surface area contributed by atoms with Crippen LogP contribution in [0.2, 0.25) is 15.1 Å². The number of hydrogen-bond acceptors (Lipinski definition) is 5. The number of halogens is 3. The molecule has 1 unspecified atom stereocenters. The molecule has 1 atom stereocenters. The third-order valence-corrected chi connectivity index (χ3v) is 6.67. The number of aromatic nitrogens is 2. The van der Waals surface area contributed by atoms with Crippen LogP contribution in [0.5, 0.6) is 0 Å². The molecule has 10 heteroatoms. The Hall–Kier alpha value is -2.97. The van der Waals surface area contributed by atoms with Crippen molar-refractivity contribution in [2.24, 2.45) is 0 Å². The van der Waals surface area contributed by atoms with Crippen molar-refractivity contribution in [3.63, 3.8) is 0 Å². The molecule has 2 N–H and O–H groups in total. The lowest BCUT2D eigenvalue weighted by atomic mass is 10.0. The third-order valence-electron chi connectivity index (χ3n) is 4.81. The average Bonchev–Trinajstić information content (AvgIpc) is 3.29. The molecule has 4 rings (SSSR count). The molecule has 0 aliphatic rings. The molecule has 6 nitrogen and oxygen atoms in total. The maximum absolute atomic E-state index is 13.1. The van der Waals surface area contributed by atoms with Gasteiger partial charge in [0.2, 0.25) is 11.0 Å². The number of anilines is 1. The Kier molecular flexibility index (Phi) is 7.80. The van der Waals surface area contributed by atoms with Crippen molar-refractivity contribution in [3.8, 4) is 10.6 Å². The zero-order chi connectivity index (χ0) is 24.1. The summed E-state index contributed by atoms with van der Waals surface area (Å²) in [5.74, 6) is -0.877. The van der Waals surface area contributed by atoms with Gasteiger partial charge in [-0.3, -0.25) is 14.9 Å². The van der Waals surface area contributed by atoms with E-state index < -0.39 is 17.9 Å². The first kappa shape index (κ1) is 24.2. The van der Waals surface area contributed by atoms with Gasteiger partial charge in [-0.15, -0.1) is 10.2 Å². The molecule has 0 aliphatic heterocycles. The highest BCUT2D eigenvalue weighted by Crippen LogP contribution is 2.28. The minimum atomic E-state index is -0.872. The minimum absolute atomic E-state index is 0.251. The Labute approximate surface area is 214 Å². The number of benzene rings is 3. The molecule has 172 valence electrons. The van der Waals surface area contributed by atoms with Gasteiger partial charge in [-0.25, -0.2) is 0 Å². The summed E-state index contributed by atoms with van der Waals surface area (Å²) in [6, 6.07) is 20.2. The van der Waals surface area contributed by atoms with Gasteiger partial charge in [0.05, 0.1) is 10.0 Å². The minimum Gasteiger partial charge on any atom is -0.340 e. The standard InChI is InChI=1S/C24H17Cl3N4O2S/c25-17-8-4-7-16(12-17)23-30-31-24(34-23)29-22(33)20(11-14-5-2-1-3-6-14)28-21(32)15-9-10-18(26)19(27)13-15/h1-10,12-13,20H,11H2,(H,28,32)(H,29,31,33). The fourth-order valence-corrected chi connectivity index (χ4v) is 4.37. The van der Waals surface area contributed by atoms with E-state index in [-0.39, 0.29) is 11.4 Å². The topological polar surface area (TPSA) is 84.0 Å². The molecule has 0 fully saturated rings. The second kappa shape index (κ2) is 11.0. The molecular formula is C24H17Cl3N4O2S. The van der Waals surface area contributed by atoms with E-state index >= 15 is 0 Å². The molecule has 0 spiro atoms. The molecule has 34 heavy (non-hydrogen) atoms. The largest absolute Gasteiger partial charge is 0.340 e. The first-order valence-corrected chi connectivity index (χ1v) is 12.0. The van der Waals surface area contributed by atoms with E-state index in [4.69, 9.17) is 34.8 Å². The highest BCUT2D eigenvalue weighted by Gasteiger charge is 2.24. The molecule has 0 saturated carbocycles. The number of carbonyl (C=O) groups is 2. The lowest BCUT2D eigenvalue weighted by Gasteiger charge is -2.18. The fraction of sp³-hybridized carbons (Fsp3) is 0.0833. The molecule has 1 heterocycles. The molecular weight excluding hydrogens is 515 g/mol. The zero-order valence-corrected chi connectivity index (χ0v) is 20.6. The van der Waals surface area contributed by atoms with Crippen LogP contribution in [0, 0.1) is 0 Å². The van der Waals surface area contributed by atoms with Crippen LogP contribution in [0.25, 0.3) is 10.6 Å². The van der Waals surface area contributed by atoms with Crippen LogP contribution in [0.15, 0.2) is 72.8 Å². The first-order chi connectivity index (χ1) is 16.4. The van der Waals surface area contributed by atoms with Gasteiger partial charge in [0.1, 0.15) is 11.0 Å². The van der Waals surface area contributed by atoms with Crippen LogP contribution in [0.1, 0.15) is 15.9 Å². The van der Waals surface area contributed by atoms with Crippen molar-refractivity contribution in [2.45, 2.75) is 12.5 Å². The number of carbonyl (C=O) groups excluding carboxylic acids is 2. The van der Waals surface area contributed by atoms with E-state index in [0.717, 1.165) is 11.1 Å². The lowest BCUT2D eigenvalue weighted by Crippen LogP contribution is -2.45. The van der Waals surface area contributed by atoms with E-state index in [1.54, 1.807) is 18.2 Å². The van der Waals surface area contributed by atoms with Crippen molar-refractivity contribution >= 4 is 63.1 Å². The summed E-state index contributed by atoms with van der Waals surface area (Å²) in [7, 11) is 0. The van der Waals surface area contributed by atoms with Crippen LogP contribution in [-0.4, -0.2) is 28.1 Å². The van der Waals surface area contributed by atoms with Crippen molar-refractivity contribution in [2.75, 3.05) is 5.32 Å². The Morgan fingerprint density at radius 3 is 2.41 bits per heavy atom. The van der Waals surface area contributed by atoms with Crippen LogP contribution in [0.3, 0.4) is 0 Å². The Bertz CT molecular complexity index is 1330. The van der Waals surface area contributed by atoms with Gasteiger partial charge in [-0.2, -0.15) is 0 Å². The maximum Gasteiger partial charge on any atom is 0.251 e. The summed E-state index contributed by atoms with van der Waals surface area (Å²) in [5.41, 5.74) is 1.97. The van der Waals surface area contributed by atoms with Crippen molar-refractivity contribution in [1.29, 1.82) is 0 Å². The summed E-state index contributed by atoms with van der Waals surface area (Å²) in [5, 5.41) is 15.8. The second-order valence-corrected chi connectivity index (χ2v) is 9.48. The Morgan fingerprint density at radius 2 is 1.68 bits per heavy atom. The fourth-order valence-electron chi connectivity index (χ4n) is 3.14. The molecule has 0 bridgehead atoms. The van der Waals surface area contributed by atoms with E-state index in [9.17, 15) is 9.59 Å². The summed E-state index contributed by atoms with van der Waals surface area (Å²) < 4.78 is 0. The third kappa shape index (κ3) is 6.12. The first-order valence-electron chi connectivity index (χ1n) is 10.1. The summed E-state index contributed by atoms with van der Waals surface area (Å²) >= 11 is 19.3. The molecule has 3 aromatic carbocycles. The van der Waals surface area contributed by atoms with Gasteiger partial charge >= 0.3 is 0 Å². The Balaban J connectivity index is 1.53. The normalized spacial score (nSPS) is 11.6. The smallest absolute Gasteiger partial charge is 0.251 e. The lowest BCUT2D eigenvalue weighted by molar-refractivity contribution is -0.118. The van der Waals surface area contributed by atoms with Crippen LogP contribution in [-0.2, 0) is 11.2 Å². The molecule has 4 aromatic rings. The van der Waals surface area contributed by atoms with Gasteiger partial charge in [0.25, 0.3) is 5.91 Å². The van der Waals surface area contributed by atoms with Gasteiger partial charge in [-0.1, -0.05) is 88.6 Å².